The van der Waals surface area contributed by atoms with Gasteiger partial charge in [0.2, 0.25) is 5.91 Å². The van der Waals surface area contributed by atoms with Crippen LogP contribution in [0.1, 0.15) is 31.4 Å². The average Bonchev–Trinajstić information content (AvgIpc) is 3.33. The zero-order valence-corrected chi connectivity index (χ0v) is 14.6. The Labute approximate surface area is 147 Å². The number of piperidine rings is 1. The third-order valence-corrected chi connectivity index (χ3v) is 5.11. The van der Waals surface area contributed by atoms with Gasteiger partial charge in [0.25, 0.3) is 0 Å². The van der Waals surface area contributed by atoms with Crippen molar-refractivity contribution in [2.24, 2.45) is 5.92 Å². The number of anilines is 1. The summed E-state index contributed by atoms with van der Waals surface area (Å²) in [6.07, 6.45) is 6.16. The lowest BCUT2D eigenvalue weighted by Gasteiger charge is -2.34. The Bertz CT molecular complexity index is 734. The number of hydrogen-bond acceptors (Lipinski definition) is 5. The fourth-order valence-electron chi connectivity index (χ4n) is 3.73. The van der Waals surface area contributed by atoms with Crippen LogP contribution in [0, 0.1) is 12.8 Å². The van der Waals surface area contributed by atoms with E-state index in [1.54, 1.807) is 4.68 Å². The molecule has 0 spiro atoms. The van der Waals surface area contributed by atoms with Crippen LogP contribution in [0.3, 0.4) is 0 Å². The number of aromatic nitrogens is 4. The Balaban J connectivity index is 1.45. The quantitative estimate of drug-likeness (QED) is 0.852. The average molecular weight is 340 g/mol. The molecule has 2 aliphatic heterocycles. The lowest BCUT2D eigenvalue weighted by molar-refractivity contribution is -0.134. The first-order valence-corrected chi connectivity index (χ1v) is 9.11. The molecule has 2 aromatic heterocycles. The maximum Gasteiger partial charge on any atom is 0.227 e. The summed E-state index contributed by atoms with van der Waals surface area (Å²) in [7, 11) is 0. The van der Waals surface area contributed by atoms with E-state index in [0.29, 0.717) is 11.7 Å². The summed E-state index contributed by atoms with van der Waals surface area (Å²) in [6, 6.07) is 5.84. The fraction of sp³-hybridized carbons (Fsp3) is 0.556. The summed E-state index contributed by atoms with van der Waals surface area (Å²) in [5, 5.41) is 13.0. The summed E-state index contributed by atoms with van der Waals surface area (Å²) >= 11 is 0. The minimum atomic E-state index is 0.0853. The van der Waals surface area contributed by atoms with E-state index in [9.17, 15) is 4.79 Å². The number of likely N-dealkylation sites (tertiary alicyclic amines) is 1. The molecule has 0 bridgehead atoms. The Hall–Kier alpha value is -2.44. The van der Waals surface area contributed by atoms with Crippen molar-refractivity contribution < 1.29 is 4.79 Å². The van der Waals surface area contributed by atoms with E-state index in [1.165, 1.54) is 0 Å². The van der Waals surface area contributed by atoms with E-state index in [2.05, 4.69) is 20.2 Å². The van der Waals surface area contributed by atoms with E-state index >= 15 is 0 Å². The highest BCUT2D eigenvalue weighted by molar-refractivity contribution is 5.80. The van der Waals surface area contributed by atoms with Crippen molar-refractivity contribution in [2.45, 2.75) is 32.6 Å². The van der Waals surface area contributed by atoms with Crippen molar-refractivity contribution in [3.8, 4) is 5.82 Å². The molecule has 0 aromatic carbocycles. The largest absolute Gasteiger partial charge is 0.354 e. The van der Waals surface area contributed by atoms with Gasteiger partial charge in [0.15, 0.2) is 11.6 Å². The van der Waals surface area contributed by atoms with Crippen molar-refractivity contribution in [2.75, 3.05) is 31.1 Å². The first kappa shape index (κ1) is 16.1. The Morgan fingerprint density at radius 1 is 1.04 bits per heavy atom. The number of carbonyl (C=O) groups is 1. The lowest BCUT2D eigenvalue weighted by atomic mass is 9.96. The van der Waals surface area contributed by atoms with Crippen molar-refractivity contribution in [3.63, 3.8) is 0 Å². The van der Waals surface area contributed by atoms with Crippen LogP contribution in [0.4, 0.5) is 5.82 Å². The molecule has 1 unspecified atom stereocenters. The van der Waals surface area contributed by atoms with E-state index in [-0.39, 0.29) is 5.92 Å². The van der Waals surface area contributed by atoms with Gasteiger partial charge in [-0.2, -0.15) is 5.10 Å². The van der Waals surface area contributed by atoms with Gasteiger partial charge in [-0.05, 0) is 50.8 Å². The second kappa shape index (κ2) is 6.82. The molecule has 0 N–H and O–H groups in total. The maximum absolute atomic E-state index is 12.7. The number of carbonyl (C=O) groups excluding carboxylic acids is 1. The Kier molecular flexibility index (Phi) is 4.38. The van der Waals surface area contributed by atoms with Gasteiger partial charge in [0.05, 0.1) is 11.6 Å². The predicted molar refractivity (Wildman–Crippen MR) is 94.6 cm³/mol. The maximum atomic E-state index is 12.7. The third kappa shape index (κ3) is 3.36. The third-order valence-electron chi connectivity index (χ3n) is 5.11. The highest BCUT2D eigenvalue weighted by atomic mass is 16.2. The summed E-state index contributed by atoms with van der Waals surface area (Å²) < 4.78 is 1.72. The molecule has 7 nitrogen and oxygen atoms in total. The molecule has 4 heterocycles. The standard InChI is InChI=1S/C18H24N6O/c1-14-8-12-24(21-14)17-7-6-16(19-20-17)23-11-4-5-15(13-23)18(25)22-9-2-3-10-22/h6-8,12,15H,2-5,9-11,13H2,1H3. The fourth-order valence-corrected chi connectivity index (χ4v) is 3.73. The minimum Gasteiger partial charge on any atom is -0.354 e. The predicted octanol–water partition coefficient (Wildman–Crippen LogP) is 1.81. The molecule has 2 saturated heterocycles. The molecule has 2 aromatic rings. The molecule has 1 atom stereocenters. The van der Waals surface area contributed by atoms with Gasteiger partial charge in [0.1, 0.15) is 0 Å². The van der Waals surface area contributed by atoms with Gasteiger partial charge in [-0.1, -0.05) is 0 Å². The first-order chi connectivity index (χ1) is 12.2. The highest BCUT2D eigenvalue weighted by Crippen LogP contribution is 2.24. The van der Waals surface area contributed by atoms with Gasteiger partial charge in [-0.15, -0.1) is 10.2 Å². The normalized spacial score (nSPS) is 20.9. The Morgan fingerprint density at radius 3 is 2.48 bits per heavy atom. The molecule has 1 amide bonds. The van der Waals surface area contributed by atoms with Gasteiger partial charge < -0.3 is 9.80 Å². The van der Waals surface area contributed by atoms with Gasteiger partial charge in [-0.3, -0.25) is 4.79 Å². The van der Waals surface area contributed by atoms with Crippen molar-refractivity contribution in [1.82, 2.24) is 24.9 Å². The SMILES string of the molecule is Cc1ccn(-c2ccc(N3CCCC(C(=O)N4CCCC4)C3)nn2)n1. The van der Waals surface area contributed by atoms with Crippen molar-refractivity contribution >= 4 is 11.7 Å². The summed E-state index contributed by atoms with van der Waals surface area (Å²) in [5.74, 6) is 1.95. The number of amides is 1. The highest BCUT2D eigenvalue weighted by Gasteiger charge is 2.31. The van der Waals surface area contributed by atoms with Gasteiger partial charge >= 0.3 is 0 Å². The van der Waals surface area contributed by atoms with Crippen LogP contribution in [-0.2, 0) is 4.79 Å². The van der Waals surface area contributed by atoms with Crippen molar-refractivity contribution in [1.29, 1.82) is 0 Å². The van der Waals surface area contributed by atoms with E-state index in [4.69, 9.17) is 0 Å². The molecule has 0 radical (unpaired) electrons. The molecule has 0 aliphatic carbocycles. The second-order valence-corrected chi connectivity index (χ2v) is 6.97. The van der Waals surface area contributed by atoms with Crippen LogP contribution in [0.25, 0.3) is 5.82 Å². The van der Waals surface area contributed by atoms with Crippen LogP contribution >= 0.6 is 0 Å². The first-order valence-electron chi connectivity index (χ1n) is 9.11. The zero-order chi connectivity index (χ0) is 17.2. The van der Waals surface area contributed by atoms with Crippen LogP contribution in [0.15, 0.2) is 24.4 Å². The molecule has 2 aliphatic rings. The Morgan fingerprint density at radius 2 is 1.80 bits per heavy atom. The van der Waals surface area contributed by atoms with Crippen molar-refractivity contribution in [3.05, 3.63) is 30.1 Å². The molecule has 2 fully saturated rings. The number of nitrogens with zero attached hydrogens (tertiary/aromatic N) is 6. The molecule has 25 heavy (non-hydrogen) atoms. The van der Waals surface area contributed by atoms with Crippen LogP contribution in [-0.4, -0.2) is 57.0 Å². The zero-order valence-electron chi connectivity index (χ0n) is 14.6. The molecule has 7 heteroatoms. The molecule has 132 valence electrons. The van der Waals surface area contributed by atoms with Crippen LogP contribution in [0.2, 0.25) is 0 Å². The summed E-state index contributed by atoms with van der Waals surface area (Å²) in [6.45, 7) is 5.46. The minimum absolute atomic E-state index is 0.0853. The topological polar surface area (TPSA) is 67.2 Å². The smallest absolute Gasteiger partial charge is 0.227 e. The summed E-state index contributed by atoms with van der Waals surface area (Å²) in [4.78, 5) is 16.9. The lowest BCUT2D eigenvalue weighted by Crippen LogP contribution is -2.44. The van der Waals surface area contributed by atoms with Gasteiger partial charge in [0, 0.05) is 32.4 Å². The van der Waals surface area contributed by atoms with E-state index in [0.717, 1.165) is 63.4 Å². The molecule has 0 saturated carbocycles. The van der Waals surface area contributed by atoms with Crippen LogP contribution in [0.5, 0.6) is 0 Å². The van der Waals surface area contributed by atoms with E-state index < -0.39 is 0 Å². The van der Waals surface area contributed by atoms with Crippen LogP contribution < -0.4 is 4.90 Å². The number of rotatable bonds is 3. The molecular formula is C18H24N6O. The van der Waals surface area contributed by atoms with E-state index in [1.807, 2.05) is 36.2 Å². The van der Waals surface area contributed by atoms with Gasteiger partial charge in [-0.25, -0.2) is 4.68 Å². The molecular weight excluding hydrogens is 316 g/mol. The monoisotopic (exact) mass is 340 g/mol. The summed E-state index contributed by atoms with van der Waals surface area (Å²) in [5.41, 5.74) is 0.949. The second-order valence-electron chi connectivity index (χ2n) is 6.97. The molecule has 4 rings (SSSR count). The number of hydrogen-bond donors (Lipinski definition) is 0. The number of aryl methyl sites for hydroxylation is 1.